The summed E-state index contributed by atoms with van der Waals surface area (Å²) in [4.78, 5) is 26.1. The Morgan fingerprint density at radius 3 is 2.76 bits per heavy atom. The summed E-state index contributed by atoms with van der Waals surface area (Å²) in [5.41, 5.74) is 0.754. The topological polar surface area (TPSA) is 91.3 Å². The van der Waals surface area contributed by atoms with Gasteiger partial charge in [-0.25, -0.2) is 14.6 Å². The first-order chi connectivity index (χ1) is 10.1. The highest BCUT2D eigenvalue weighted by Crippen LogP contribution is 2.16. The maximum Gasteiger partial charge on any atom is 0.354 e. The molecule has 0 bridgehead atoms. The van der Waals surface area contributed by atoms with Gasteiger partial charge in [0.1, 0.15) is 5.69 Å². The van der Waals surface area contributed by atoms with Crippen molar-refractivity contribution in [2.45, 2.75) is 25.8 Å². The van der Waals surface area contributed by atoms with E-state index < -0.39 is 5.97 Å². The predicted octanol–water partition coefficient (Wildman–Crippen LogP) is 1.94. The normalized spacial score (nSPS) is 17.2. The molecule has 1 aromatic heterocycles. The van der Waals surface area contributed by atoms with Gasteiger partial charge in [0, 0.05) is 19.3 Å². The second-order valence-corrected chi connectivity index (χ2v) is 5.07. The van der Waals surface area contributed by atoms with Crippen molar-refractivity contribution in [3.05, 3.63) is 41.7 Å². The van der Waals surface area contributed by atoms with Gasteiger partial charge in [0.25, 0.3) is 0 Å². The molecule has 6 nitrogen and oxygen atoms in total. The van der Waals surface area contributed by atoms with Gasteiger partial charge in [0.15, 0.2) is 0 Å². The van der Waals surface area contributed by atoms with Crippen molar-refractivity contribution in [1.82, 2.24) is 15.6 Å². The Labute approximate surface area is 123 Å². The number of nitrogens with zero attached hydrogens (tertiary/aromatic N) is 1. The Kier molecular flexibility index (Phi) is 5.31. The van der Waals surface area contributed by atoms with Crippen LogP contribution in [-0.2, 0) is 6.54 Å². The third-order valence-corrected chi connectivity index (χ3v) is 3.43. The van der Waals surface area contributed by atoms with Crippen molar-refractivity contribution in [2.75, 3.05) is 6.54 Å². The van der Waals surface area contributed by atoms with Crippen molar-refractivity contribution < 1.29 is 14.7 Å². The minimum absolute atomic E-state index is 0.00597. The van der Waals surface area contributed by atoms with Crippen LogP contribution in [0.5, 0.6) is 0 Å². The van der Waals surface area contributed by atoms with Crippen LogP contribution in [0.15, 0.2) is 30.5 Å². The van der Waals surface area contributed by atoms with E-state index in [0.717, 1.165) is 24.8 Å². The van der Waals surface area contributed by atoms with Crippen molar-refractivity contribution in [3.8, 4) is 0 Å². The Bertz CT molecular complexity index is 525. The summed E-state index contributed by atoms with van der Waals surface area (Å²) in [5.74, 6) is -0.550. The van der Waals surface area contributed by atoms with Crippen LogP contribution in [0.2, 0.25) is 0 Å². The van der Waals surface area contributed by atoms with Crippen molar-refractivity contribution >= 4 is 12.0 Å². The number of aromatic carboxylic acids is 1. The Morgan fingerprint density at radius 1 is 1.29 bits per heavy atom. The molecule has 0 spiro atoms. The van der Waals surface area contributed by atoms with E-state index in [2.05, 4.69) is 27.8 Å². The van der Waals surface area contributed by atoms with Gasteiger partial charge < -0.3 is 15.7 Å². The average molecular weight is 289 g/mol. The molecular formula is C15H19N3O3. The molecule has 0 saturated heterocycles. The maximum atomic E-state index is 11.7. The Morgan fingerprint density at radius 2 is 2.14 bits per heavy atom. The lowest BCUT2D eigenvalue weighted by Crippen LogP contribution is -2.38. The molecule has 21 heavy (non-hydrogen) atoms. The van der Waals surface area contributed by atoms with Crippen LogP contribution in [0, 0.1) is 5.92 Å². The molecule has 1 heterocycles. The van der Waals surface area contributed by atoms with Gasteiger partial charge in [-0.05, 0) is 36.8 Å². The third kappa shape index (κ3) is 4.91. The van der Waals surface area contributed by atoms with Crippen molar-refractivity contribution in [1.29, 1.82) is 0 Å². The molecule has 1 atom stereocenters. The zero-order chi connectivity index (χ0) is 15.1. The minimum atomic E-state index is -1.06. The number of carboxylic acid groups (broad SMARTS) is 1. The van der Waals surface area contributed by atoms with E-state index in [1.165, 1.54) is 12.3 Å². The van der Waals surface area contributed by atoms with Crippen LogP contribution in [-0.4, -0.2) is 28.6 Å². The fourth-order valence-electron chi connectivity index (χ4n) is 2.18. The number of carbonyl (C=O) groups is 2. The smallest absolute Gasteiger partial charge is 0.354 e. The number of hydrogen-bond acceptors (Lipinski definition) is 3. The summed E-state index contributed by atoms with van der Waals surface area (Å²) in [5, 5.41) is 14.3. The molecule has 0 radical (unpaired) electrons. The van der Waals surface area contributed by atoms with Crippen LogP contribution < -0.4 is 10.6 Å². The van der Waals surface area contributed by atoms with Gasteiger partial charge in [-0.3, -0.25) is 0 Å². The fourth-order valence-corrected chi connectivity index (χ4v) is 2.18. The van der Waals surface area contributed by atoms with Crippen molar-refractivity contribution in [3.63, 3.8) is 0 Å². The molecule has 0 aromatic carbocycles. The molecule has 112 valence electrons. The monoisotopic (exact) mass is 289 g/mol. The van der Waals surface area contributed by atoms with E-state index in [1.54, 1.807) is 6.07 Å². The number of allylic oxidation sites excluding steroid dienone is 2. The highest BCUT2D eigenvalue weighted by atomic mass is 16.4. The van der Waals surface area contributed by atoms with Crippen LogP contribution in [0.4, 0.5) is 4.79 Å². The number of urea groups is 1. The van der Waals surface area contributed by atoms with Crippen LogP contribution in [0.25, 0.3) is 0 Å². The van der Waals surface area contributed by atoms with Crippen LogP contribution in [0.1, 0.15) is 35.3 Å². The van der Waals surface area contributed by atoms with Gasteiger partial charge in [0.05, 0.1) is 0 Å². The van der Waals surface area contributed by atoms with Gasteiger partial charge in [-0.1, -0.05) is 18.2 Å². The number of nitrogens with one attached hydrogen (secondary N) is 2. The quantitative estimate of drug-likeness (QED) is 0.722. The van der Waals surface area contributed by atoms with E-state index in [-0.39, 0.29) is 11.7 Å². The fraction of sp³-hybridized carbons (Fsp3) is 0.400. The van der Waals surface area contributed by atoms with E-state index in [4.69, 9.17) is 5.11 Å². The predicted molar refractivity (Wildman–Crippen MR) is 77.9 cm³/mol. The zero-order valence-corrected chi connectivity index (χ0v) is 11.7. The average Bonchev–Trinajstić information content (AvgIpc) is 2.52. The number of hydrogen-bond donors (Lipinski definition) is 3. The number of pyridine rings is 1. The SMILES string of the molecule is O=C(NCc1ccc(C(=O)O)nc1)NCC1CC=CCC1. The molecule has 1 unspecified atom stereocenters. The molecule has 1 aliphatic carbocycles. The van der Waals surface area contributed by atoms with Crippen LogP contribution in [0.3, 0.4) is 0 Å². The highest BCUT2D eigenvalue weighted by molar-refractivity contribution is 5.85. The molecule has 0 saturated carbocycles. The van der Waals surface area contributed by atoms with E-state index in [9.17, 15) is 9.59 Å². The summed E-state index contributed by atoms with van der Waals surface area (Å²) in [6.45, 7) is 0.996. The van der Waals surface area contributed by atoms with E-state index >= 15 is 0 Å². The largest absolute Gasteiger partial charge is 0.477 e. The summed E-state index contributed by atoms with van der Waals surface area (Å²) in [7, 11) is 0. The molecule has 6 heteroatoms. The first kappa shape index (κ1) is 15.0. The Balaban J connectivity index is 1.70. The standard InChI is InChI=1S/C15H19N3O3/c19-14(20)13-7-6-12(9-16-13)10-18-15(21)17-8-11-4-2-1-3-5-11/h1-2,6-7,9,11H,3-5,8,10H2,(H,19,20)(H2,17,18,21). The first-order valence-corrected chi connectivity index (χ1v) is 7.00. The van der Waals surface area contributed by atoms with Crippen LogP contribution >= 0.6 is 0 Å². The van der Waals surface area contributed by atoms with Gasteiger partial charge in [-0.15, -0.1) is 0 Å². The molecule has 0 fully saturated rings. The van der Waals surface area contributed by atoms with E-state index in [1.807, 2.05) is 0 Å². The lowest BCUT2D eigenvalue weighted by molar-refractivity contribution is 0.0690. The molecule has 2 amide bonds. The molecular weight excluding hydrogens is 270 g/mol. The van der Waals surface area contributed by atoms with Gasteiger partial charge in [0.2, 0.25) is 0 Å². The molecule has 0 aliphatic heterocycles. The summed E-state index contributed by atoms with van der Waals surface area (Å²) in [6.07, 6.45) is 8.98. The van der Waals surface area contributed by atoms with E-state index in [0.29, 0.717) is 19.0 Å². The summed E-state index contributed by atoms with van der Waals surface area (Å²) >= 11 is 0. The molecule has 1 aliphatic rings. The number of aromatic nitrogens is 1. The lowest BCUT2D eigenvalue weighted by atomic mass is 9.94. The van der Waals surface area contributed by atoms with Gasteiger partial charge in [-0.2, -0.15) is 0 Å². The molecule has 2 rings (SSSR count). The number of amides is 2. The summed E-state index contributed by atoms with van der Waals surface area (Å²) in [6, 6.07) is 2.85. The molecule has 1 aromatic rings. The first-order valence-electron chi connectivity index (χ1n) is 7.00. The Hall–Kier alpha value is -2.37. The number of rotatable bonds is 5. The zero-order valence-electron chi connectivity index (χ0n) is 11.7. The lowest BCUT2D eigenvalue weighted by Gasteiger charge is -2.18. The van der Waals surface area contributed by atoms with Crippen molar-refractivity contribution in [2.24, 2.45) is 5.92 Å². The maximum absolute atomic E-state index is 11.7. The second kappa shape index (κ2) is 7.42. The summed E-state index contributed by atoms with van der Waals surface area (Å²) < 4.78 is 0. The third-order valence-electron chi connectivity index (χ3n) is 3.43. The minimum Gasteiger partial charge on any atom is -0.477 e. The number of carbonyl (C=O) groups excluding carboxylic acids is 1. The number of carboxylic acids is 1. The van der Waals surface area contributed by atoms with Gasteiger partial charge >= 0.3 is 12.0 Å². The second-order valence-electron chi connectivity index (χ2n) is 5.07. The molecule has 3 N–H and O–H groups in total. The highest BCUT2D eigenvalue weighted by Gasteiger charge is 2.11.